The molecule has 0 aromatic heterocycles. The topological polar surface area (TPSA) is 56.9 Å². The molecule has 3 rings (SSSR count). The molecule has 0 amide bonds. The van der Waals surface area contributed by atoms with Gasteiger partial charge in [-0.3, -0.25) is 5.84 Å². The van der Waals surface area contributed by atoms with Crippen LogP contribution in [-0.4, -0.2) is 47.3 Å². The highest BCUT2D eigenvalue weighted by Crippen LogP contribution is 2.20. The maximum atomic E-state index is 6.09. The summed E-state index contributed by atoms with van der Waals surface area (Å²) >= 11 is 0. The molecule has 1 aliphatic carbocycles. The van der Waals surface area contributed by atoms with Crippen LogP contribution in [0.15, 0.2) is 41.3 Å². The van der Waals surface area contributed by atoms with E-state index in [2.05, 4.69) is 42.3 Å². The second kappa shape index (κ2) is 5.42. The zero-order valence-corrected chi connectivity index (χ0v) is 12.2. The van der Waals surface area contributed by atoms with E-state index in [1.165, 1.54) is 0 Å². The number of aliphatic imine (C=N–C) groups is 1. The van der Waals surface area contributed by atoms with Crippen molar-refractivity contribution in [1.29, 1.82) is 0 Å². The van der Waals surface area contributed by atoms with Crippen LogP contribution in [-0.2, 0) is 0 Å². The molecule has 0 spiro atoms. The number of nitrogens with zero attached hydrogens (tertiary/aromatic N) is 3. The highest BCUT2D eigenvalue weighted by atomic mass is 15.5. The van der Waals surface area contributed by atoms with Crippen LogP contribution in [0.1, 0.15) is 13.8 Å². The first-order chi connectivity index (χ1) is 9.65. The molecule has 0 radical (unpaired) electrons. The van der Waals surface area contributed by atoms with E-state index in [1.54, 1.807) is 0 Å². The molecule has 3 aliphatic rings. The first-order valence-corrected chi connectivity index (χ1v) is 7.31. The van der Waals surface area contributed by atoms with E-state index in [1.807, 2.05) is 17.3 Å². The second-order valence-electron chi connectivity index (χ2n) is 5.92. The van der Waals surface area contributed by atoms with Crippen molar-refractivity contribution < 1.29 is 0 Å². The Kier molecular flexibility index (Phi) is 3.63. The van der Waals surface area contributed by atoms with Crippen LogP contribution in [0.4, 0.5) is 0 Å². The largest absolute Gasteiger partial charge is 0.376 e. The Bertz CT molecular complexity index is 488. The highest BCUT2D eigenvalue weighted by Gasteiger charge is 2.29. The van der Waals surface area contributed by atoms with Gasteiger partial charge in [-0.25, -0.2) is 10.0 Å². The number of hydrogen-bond acceptors (Lipinski definition) is 5. The number of rotatable bonds is 2. The van der Waals surface area contributed by atoms with E-state index >= 15 is 0 Å². The molecule has 2 heterocycles. The van der Waals surface area contributed by atoms with Gasteiger partial charge in [0.05, 0.1) is 11.8 Å². The average Bonchev–Trinajstić information content (AvgIpc) is 2.47. The number of piperazine rings is 1. The van der Waals surface area contributed by atoms with Crippen molar-refractivity contribution in [1.82, 2.24) is 15.2 Å². The van der Waals surface area contributed by atoms with Crippen molar-refractivity contribution >= 4 is 5.71 Å². The number of hydrazine groups is 1. The van der Waals surface area contributed by atoms with Crippen molar-refractivity contribution in [2.45, 2.75) is 25.9 Å². The van der Waals surface area contributed by atoms with Gasteiger partial charge in [0.2, 0.25) is 0 Å². The summed E-state index contributed by atoms with van der Waals surface area (Å²) in [6, 6.07) is 0.602. The molecule has 1 saturated heterocycles. The lowest BCUT2D eigenvalue weighted by atomic mass is 10.0. The summed E-state index contributed by atoms with van der Waals surface area (Å²) in [5, 5.41) is 5.38. The smallest absolute Gasteiger partial charge is 0.144 e. The molecule has 5 nitrogen and oxygen atoms in total. The van der Waals surface area contributed by atoms with Crippen LogP contribution in [0.2, 0.25) is 0 Å². The highest BCUT2D eigenvalue weighted by molar-refractivity contribution is 6.03. The van der Waals surface area contributed by atoms with Crippen molar-refractivity contribution in [3.63, 3.8) is 0 Å². The minimum atomic E-state index is 0.223. The molecular formula is C15H23N5. The Morgan fingerprint density at radius 3 is 3.00 bits per heavy atom. The summed E-state index contributed by atoms with van der Waals surface area (Å²) in [4.78, 5) is 7.12. The van der Waals surface area contributed by atoms with Crippen LogP contribution in [0.5, 0.6) is 0 Å². The average molecular weight is 273 g/mol. The van der Waals surface area contributed by atoms with Gasteiger partial charge < -0.3 is 10.2 Å². The Labute approximate surface area is 120 Å². The summed E-state index contributed by atoms with van der Waals surface area (Å²) in [6.07, 6.45) is 10.3. The van der Waals surface area contributed by atoms with E-state index in [4.69, 9.17) is 10.8 Å². The van der Waals surface area contributed by atoms with Crippen LogP contribution in [0, 0.1) is 5.92 Å². The molecule has 2 aliphatic heterocycles. The predicted octanol–water partition coefficient (Wildman–Crippen LogP) is 0.840. The third kappa shape index (κ3) is 2.51. The Hall–Kier alpha value is -1.59. The van der Waals surface area contributed by atoms with Crippen LogP contribution >= 0.6 is 0 Å². The molecule has 5 heteroatoms. The molecule has 0 aromatic carbocycles. The van der Waals surface area contributed by atoms with Gasteiger partial charge in [0.15, 0.2) is 0 Å². The maximum absolute atomic E-state index is 6.09. The molecule has 0 aromatic rings. The Morgan fingerprint density at radius 2 is 2.20 bits per heavy atom. The predicted molar refractivity (Wildman–Crippen MR) is 81.8 cm³/mol. The molecule has 20 heavy (non-hydrogen) atoms. The van der Waals surface area contributed by atoms with E-state index in [0.717, 1.165) is 31.2 Å². The van der Waals surface area contributed by atoms with Crippen LogP contribution in [0.3, 0.4) is 0 Å². The van der Waals surface area contributed by atoms with Gasteiger partial charge in [0, 0.05) is 31.9 Å². The van der Waals surface area contributed by atoms with Crippen molar-refractivity contribution in [3.8, 4) is 0 Å². The standard InChI is InChI=1S/C15H23N5/c1-11(2)14-10-19(7-8-20(14)16)15-9-17-12-5-3-4-6-13(12)18-15/h3-6,9,11-12,14,17H,7-8,10,16H2,1-2H3. The van der Waals surface area contributed by atoms with Gasteiger partial charge in [-0.1, -0.05) is 32.1 Å². The first kappa shape index (κ1) is 13.4. The molecule has 3 N–H and O–H groups in total. The zero-order valence-electron chi connectivity index (χ0n) is 12.2. The lowest BCUT2D eigenvalue weighted by Gasteiger charge is -2.42. The van der Waals surface area contributed by atoms with Crippen LogP contribution in [0.25, 0.3) is 0 Å². The zero-order chi connectivity index (χ0) is 14.1. The summed E-state index contributed by atoms with van der Waals surface area (Å²) in [7, 11) is 0. The van der Waals surface area contributed by atoms with Crippen molar-refractivity contribution in [2.75, 3.05) is 19.6 Å². The third-order valence-corrected chi connectivity index (χ3v) is 4.19. The molecule has 2 unspecified atom stereocenters. The number of fused-ring (bicyclic) bond motifs is 1. The van der Waals surface area contributed by atoms with E-state index in [-0.39, 0.29) is 6.04 Å². The fourth-order valence-electron chi connectivity index (χ4n) is 2.90. The van der Waals surface area contributed by atoms with Gasteiger partial charge in [-0.05, 0) is 12.0 Å². The normalized spacial score (nSPS) is 29.9. The van der Waals surface area contributed by atoms with E-state index < -0.39 is 0 Å². The maximum Gasteiger partial charge on any atom is 0.144 e. The molecule has 108 valence electrons. The van der Waals surface area contributed by atoms with Crippen molar-refractivity contribution in [2.24, 2.45) is 16.8 Å². The van der Waals surface area contributed by atoms with Gasteiger partial charge in [-0.15, -0.1) is 0 Å². The third-order valence-electron chi connectivity index (χ3n) is 4.19. The van der Waals surface area contributed by atoms with Gasteiger partial charge in [0.1, 0.15) is 5.82 Å². The summed E-state index contributed by atoms with van der Waals surface area (Å²) in [5.74, 6) is 7.66. The van der Waals surface area contributed by atoms with Crippen molar-refractivity contribution in [3.05, 3.63) is 36.3 Å². The number of allylic oxidation sites excluding steroid dienone is 2. The first-order valence-electron chi connectivity index (χ1n) is 7.31. The number of nitrogens with two attached hydrogens (primary N) is 1. The van der Waals surface area contributed by atoms with Crippen LogP contribution < -0.4 is 11.2 Å². The summed E-state index contributed by atoms with van der Waals surface area (Å²) < 4.78 is 0. The second-order valence-corrected chi connectivity index (χ2v) is 5.92. The Morgan fingerprint density at radius 1 is 1.35 bits per heavy atom. The minimum absolute atomic E-state index is 0.223. The number of hydrogen-bond donors (Lipinski definition) is 2. The molecule has 2 atom stereocenters. The Balaban J connectivity index is 1.74. The lowest BCUT2D eigenvalue weighted by Crippen LogP contribution is -2.57. The number of nitrogens with one attached hydrogen (secondary N) is 1. The monoisotopic (exact) mass is 273 g/mol. The summed E-state index contributed by atoms with van der Waals surface area (Å²) in [5.41, 5.74) is 1.08. The SMILES string of the molecule is CC(C)C1CN(C2=CNC3C=CC=CC3=N2)CCN1N. The van der Waals surface area contributed by atoms with E-state index in [9.17, 15) is 0 Å². The molecular weight excluding hydrogens is 250 g/mol. The quantitative estimate of drug-likeness (QED) is 0.732. The molecule has 1 fully saturated rings. The fraction of sp³-hybridized carbons (Fsp3) is 0.533. The summed E-state index contributed by atoms with van der Waals surface area (Å²) in [6.45, 7) is 7.18. The lowest BCUT2D eigenvalue weighted by molar-refractivity contribution is 0.0660. The molecule has 0 bridgehead atoms. The van der Waals surface area contributed by atoms with Gasteiger partial charge in [0.25, 0.3) is 0 Å². The van der Waals surface area contributed by atoms with Gasteiger partial charge >= 0.3 is 0 Å². The van der Waals surface area contributed by atoms with Gasteiger partial charge in [-0.2, -0.15) is 0 Å². The van der Waals surface area contributed by atoms with E-state index in [0.29, 0.717) is 12.0 Å². The molecule has 0 saturated carbocycles. The fourth-order valence-corrected chi connectivity index (χ4v) is 2.90. The minimum Gasteiger partial charge on any atom is -0.376 e.